The van der Waals surface area contributed by atoms with Crippen LogP contribution in [0.5, 0.6) is 0 Å². The predicted octanol–water partition coefficient (Wildman–Crippen LogP) is 0.919. The first-order valence-corrected chi connectivity index (χ1v) is 6.71. The van der Waals surface area contributed by atoms with Crippen molar-refractivity contribution < 1.29 is 9.53 Å². The van der Waals surface area contributed by atoms with Crippen molar-refractivity contribution in [2.75, 3.05) is 18.2 Å². The zero-order valence-electron chi connectivity index (χ0n) is 12.5. The van der Waals surface area contributed by atoms with Crippen molar-refractivity contribution >= 4 is 17.5 Å². The van der Waals surface area contributed by atoms with Crippen LogP contribution >= 0.6 is 0 Å². The number of methoxy groups -OCH3 is 1. The Bertz CT molecular complexity index is 740. The SMILES string of the molecule is COCc1cc(=O)n(CC(=O)Nc2cccc(C)c2)c(N)n1. The van der Waals surface area contributed by atoms with Crippen LogP contribution in [0.1, 0.15) is 11.3 Å². The Morgan fingerprint density at radius 1 is 1.41 bits per heavy atom. The molecule has 0 unspecified atom stereocenters. The third kappa shape index (κ3) is 3.92. The number of nitrogens with zero attached hydrogens (tertiary/aromatic N) is 2. The van der Waals surface area contributed by atoms with Crippen LogP contribution < -0.4 is 16.6 Å². The van der Waals surface area contributed by atoms with Crippen molar-refractivity contribution in [3.63, 3.8) is 0 Å². The van der Waals surface area contributed by atoms with E-state index in [2.05, 4.69) is 10.3 Å². The summed E-state index contributed by atoms with van der Waals surface area (Å²) in [6, 6.07) is 8.68. The third-order valence-corrected chi connectivity index (χ3v) is 2.99. The molecule has 3 N–H and O–H groups in total. The average Bonchev–Trinajstić information content (AvgIpc) is 2.43. The second-order valence-electron chi connectivity index (χ2n) is 4.88. The highest BCUT2D eigenvalue weighted by Crippen LogP contribution is 2.09. The molecule has 22 heavy (non-hydrogen) atoms. The number of nitrogen functional groups attached to an aromatic ring is 1. The highest BCUT2D eigenvalue weighted by Gasteiger charge is 2.10. The topological polar surface area (TPSA) is 99.2 Å². The average molecular weight is 302 g/mol. The summed E-state index contributed by atoms with van der Waals surface area (Å²) in [6.45, 7) is 1.92. The molecule has 1 aromatic carbocycles. The molecule has 0 bridgehead atoms. The Hall–Kier alpha value is -2.67. The number of hydrogen-bond donors (Lipinski definition) is 2. The van der Waals surface area contributed by atoms with Gasteiger partial charge in [0.2, 0.25) is 11.9 Å². The monoisotopic (exact) mass is 302 g/mol. The van der Waals surface area contributed by atoms with Crippen molar-refractivity contribution in [1.29, 1.82) is 0 Å². The largest absolute Gasteiger partial charge is 0.378 e. The number of carbonyl (C=O) groups excluding carboxylic acids is 1. The normalized spacial score (nSPS) is 10.5. The molecule has 1 amide bonds. The first-order chi connectivity index (χ1) is 10.5. The molecule has 0 spiro atoms. The fourth-order valence-electron chi connectivity index (χ4n) is 2.02. The van der Waals surface area contributed by atoms with Crippen LogP contribution in [-0.4, -0.2) is 22.6 Å². The van der Waals surface area contributed by atoms with Crippen LogP contribution in [0.2, 0.25) is 0 Å². The van der Waals surface area contributed by atoms with Gasteiger partial charge in [-0.3, -0.25) is 14.2 Å². The molecule has 1 aromatic heterocycles. The second kappa shape index (κ2) is 6.86. The first-order valence-electron chi connectivity index (χ1n) is 6.71. The van der Waals surface area contributed by atoms with Gasteiger partial charge in [0.25, 0.3) is 5.56 Å². The molecule has 0 aliphatic heterocycles. The number of carbonyl (C=O) groups is 1. The summed E-state index contributed by atoms with van der Waals surface area (Å²) in [4.78, 5) is 28.0. The Morgan fingerprint density at radius 3 is 2.82 bits per heavy atom. The number of rotatable bonds is 5. The Labute approximate surface area is 127 Å². The van der Waals surface area contributed by atoms with Gasteiger partial charge >= 0.3 is 0 Å². The lowest BCUT2D eigenvalue weighted by molar-refractivity contribution is -0.116. The van der Waals surface area contributed by atoms with Crippen molar-refractivity contribution in [1.82, 2.24) is 9.55 Å². The molecule has 0 atom stereocenters. The van der Waals surface area contributed by atoms with Crippen molar-refractivity contribution in [2.24, 2.45) is 0 Å². The van der Waals surface area contributed by atoms with E-state index in [9.17, 15) is 9.59 Å². The van der Waals surface area contributed by atoms with E-state index in [4.69, 9.17) is 10.5 Å². The molecule has 1 heterocycles. The summed E-state index contributed by atoms with van der Waals surface area (Å²) < 4.78 is 6.02. The van der Waals surface area contributed by atoms with Gasteiger partial charge in [-0.2, -0.15) is 0 Å². The van der Waals surface area contributed by atoms with Gasteiger partial charge in [0.15, 0.2) is 0 Å². The van der Waals surface area contributed by atoms with Gasteiger partial charge < -0.3 is 15.8 Å². The fraction of sp³-hybridized carbons (Fsp3) is 0.267. The number of anilines is 2. The van der Waals surface area contributed by atoms with Gasteiger partial charge in [-0.05, 0) is 24.6 Å². The zero-order valence-corrected chi connectivity index (χ0v) is 12.5. The fourth-order valence-corrected chi connectivity index (χ4v) is 2.02. The smallest absolute Gasteiger partial charge is 0.255 e. The maximum atomic E-state index is 12.0. The maximum Gasteiger partial charge on any atom is 0.255 e. The summed E-state index contributed by atoms with van der Waals surface area (Å²) in [5, 5.41) is 2.72. The quantitative estimate of drug-likeness (QED) is 0.855. The van der Waals surface area contributed by atoms with Crippen LogP contribution in [0.3, 0.4) is 0 Å². The van der Waals surface area contributed by atoms with E-state index >= 15 is 0 Å². The number of aryl methyl sites for hydroxylation is 1. The molecular weight excluding hydrogens is 284 g/mol. The second-order valence-corrected chi connectivity index (χ2v) is 4.88. The Kier molecular flexibility index (Phi) is 4.90. The first kappa shape index (κ1) is 15.7. The summed E-state index contributed by atoms with van der Waals surface area (Å²) in [6.07, 6.45) is 0. The molecule has 7 nitrogen and oxygen atoms in total. The van der Waals surface area contributed by atoms with Crippen LogP contribution in [0.15, 0.2) is 35.1 Å². The number of hydrogen-bond acceptors (Lipinski definition) is 5. The molecular formula is C15H18N4O3. The van der Waals surface area contributed by atoms with E-state index in [1.807, 2.05) is 25.1 Å². The molecule has 0 saturated heterocycles. The van der Waals surface area contributed by atoms with Gasteiger partial charge in [0, 0.05) is 18.9 Å². The molecule has 0 saturated carbocycles. The predicted molar refractivity (Wildman–Crippen MR) is 83.4 cm³/mol. The lowest BCUT2D eigenvalue weighted by atomic mass is 10.2. The van der Waals surface area contributed by atoms with Crippen LogP contribution in [0.4, 0.5) is 11.6 Å². The summed E-state index contributed by atoms with van der Waals surface area (Å²) >= 11 is 0. The van der Waals surface area contributed by atoms with E-state index < -0.39 is 0 Å². The van der Waals surface area contributed by atoms with Gasteiger partial charge in [0.05, 0.1) is 12.3 Å². The maximum absolute atomic E-state index is 12.0. The number of nitrogens with one attached hydrogen (secondary N) is 1. The molecule has 0 aliphatic rings. The highest BCUT2D eigenvalue weighted by atomic mass is 16.5. The Morgan fingerprint density at radius 2 is 2.18 bits per heavy atom. The third-order valence-electron chi connectivity index (χ3n) is 2.99. The van der Waals surface area contributed by atoms with Crippen LogP contribution in [0.25, 0.3) is 0 Å². The molecule has 2 rings (SSSR count). The lowest BCUT2D eigenvalue weighted by Crippen LogP contribution is -2.30. The van der Waals surface area contributed by atoms with Crippen LogP contribution in [0, 0.1) is 6.92 Å². The van der Waals surface area contributed by atoms with Crippen molar-refractivity contribution in [3.05, 3.63) is 51.9 Å². The number of amides is 1. The molecule has 0 fully saturated rings. The summed E-state index contributed by atoms with van der Waals surface area (Å²) in [5.41, 5.74) is 7.47. The van der Waals surface area contributed by atoms with Crippen molar-refractivity contribution in [2.45, 2.75) is 20.1 Å². The van der Waals surface area contributed by atoms with Crippen LogP contribution in [-0.2, 0) is 22.7 Å². The molecule has 116 valence electrons. The minimum atomic E-state index is -0.390. The van der Waals surface area contributed by atoms with Gasteiger partial charge in [-0.1, -0.05) is 12.1 Å². The van der Waals surface area contributed by atoms with Gasteiger partial charge in [-0.25, -0.2) is 4.98 Å². The van der Waals surface area contributed by atoms with Crippen molar-refractivity contribution in [3.8, 4) is 0 Å². The number of ether oxygens (including phenoxy) is 1. The molecule has 2 aromatic rings. The van der Waals surface area contributed by atoms with Gasteiger partial charge in [-0.15, -0.1) is 0 Å². The molecule has 0 radical (unpaired) electrons. The minimum absolute atomic E-state index is 0.0149. The molecule has 7 heteroatoms. The number of aromatic nitrogens is 2. The molecule has 0 aliphatic carbocycles. The van der Waals surface area contributed by atoms with Gasteiger partial charge in [0.1, 0.15) is 6.54 Å². The Balaban J connectivity index is 2.13. The van der Waals surface area contributed by atoms with E-state index in [1.54, 1.807) is 6.07 Å². The lowest BCUT2D eigenvalue weighted by Gasteiger charge is -2.10. The highest BCUT2D eigenvalue weighted by molar-refractivity contribution is 5.90. The van der Waals surface area contributed by atoms with E-state index in [0.717, 1.165) is 10.1 Å². The summed E-state index contributed by atoms with van der Waals surface area (Å²) in [7, 11) is 1.50. The standard InChI is InChI=1S/C15H18N4O3/c1-10-4-3-5-11(6-10)17-13(20)8-19-14(21)7-12(9-22-2)18-15(19)16/h3-7H,8-9H2,1-2H3,(H2,16,18)(H,17,20). The van der Waals surface area contributed by atoms with E-state index in [1.165, 1.54) is 13.2 Å². The zero-order chi connectivity index (χ0) is 16.1. The number of nitrogens with two attached hydrogens (primary N) is 1. The minimum Gasteiger partial charge on any atom is -0.378 e. The van der Waals surface area contributed by atoms with E-state index in [0.29, 0.717) is 11.4 Å². The number of benzene rings is 1. The summed E-state index contributed by atoms with van der Waals surface area (Å²) in [5.74, 6) is -0.361. The van der Waals surface area contributed by atoms with E-state index in [-0.39, 0.29) is 30.6 Å².